The first-order valence-electron chi connectivity index (χ1n) is 8.60. The number of nitrogens with zero attached hydrogens (tertiary/aromatic N) is 2. The fourth-order valence-electron chi connectivity index (χ4n) is 3.44. The van der Waals surface area contributed by atoms with Crippen LogP contribution in [0.15, 0.2) is 66.7 Å². The molecule has 130 valence electrons. The van der Waals surface area contributed by atoms with Crippen molar-refractivity contribution in [2.24, 2.45) is 0 Å². The van der Waals surface area contributed by atoms with E-state index in [1.807, 2.05) is 60.7 Å². The lowest BCUT2D eigenvalue weighted by atomic mass is 10.1. The van der Waals surface area contributed by atoms with E-state index in [2.05, 4.69) is 9.97 Å². The molecular formula is C22H15N3O2. The van der Waals surface area contributed by atoms with Gasteiger partial charge in [-0.15, -0.1) is 0 Å². The van der Waals surface area contributed by atoms with Crippen LogP contribution in [-0.2, 0) is 4.74 Å². The van der Waals surface area contributed by atoms with Crippen LogP contribution in [-0.4, -0.2) is 28.0 Å². The van der Waals surface area contributed by atoms with Crippen LogP contribution in [0.3, 0.4) is 0 Å². The smallest absolute Gasteiger partial charge is 0.356 e. The molecule has 0 unspecified atom stereocenters. The van der Waals surface area contributed by atoms with Gasteiger partial charge in [0.15, 0.2) is 0 Å². The largest absolute Gasteiger partial charge is 0.464 e. The number of carbonyl (C=O) groups excluding carboxylic acids is 1. The predicted molar refractivity (Wildman–Crippen MR) is 106 cm³/mol. The Morgan fingerprint density at radius 2 is 1.74 bits per heavy atom. The Bertz CT molecular complexity index is 1340. The van der Waals surface area contributed by atoms with Gasteiger partial charge in [-0.25, -0.2) is 14.8 Å². The molecule has 5 aromatic rings. The summed E-state index contributed by atoms with van der Waals surface area (Å²) in [6.07, 6.45) is 0. The van der Waals surface area contributed by atoms with Crippen molar-refractivity contribution in [3.05, 3.63) is 72.4 Å². The summed E-state index contributed by atoms with van der Waals surface area (Å²) in [6, 6.07) is 21.6. The SMILES string of the molecule is COC(=O)c1cc2c([nH]c3ccccc32)c(-c2ccc3ccccc3n2)n1. The van der Waals surface area contributed by atoms with Gasteiger partial charge >= 0.3 is 5.97 Å². The number of fused-ring (bicyclic) bond motifs is 4. The Kier molecular flexibility index (Phi) is 3.40. The van der Waals surface area contributed by atoms with Crippen molar-refractivity contribution in [2.75, 3.05) is 7.11 Å². The van der Waals surface area contributed by atoms with Crippen molar-refractivity contribution >= 4 is 38.7 Å². The summed E-state index contributed by atoms with van der Waals surface area (Å²) in [5.41, 5.74) is 4.32. The second-order valence-electron chi connectivity index (χ2n) is 6.33. The van der Waals surface area contributed by atoms with Crippen molar-refractivity contribution in [2.45, 2.75) is 0 Å². The zero-order chi connectivity index (χ0) is 18.4. The molecule has 0 radical (unpaired) electrons. The van der Waals surface area contributed by atoms with Gasteiger partial charge in [0.25, 0.3) is 0 Å². The Morgan fingerprint density at radius 3 is 2.63 bits per heavy atom. The summed E-state index contributed by atoms with van der Waals surface area (Å²) in [7, 11) is 1.36. The van der Waals surface area contributed by atoms with Crippen LogP contribution in [0.2, 0.25) is 0 Å². The monoisotopic (exact) mass is 353 g/mol. The molecule has 0 saturated carbocycles. The van der Waals surface area contributed by atoms with Crippen LogP contribution >= 0.6 is 0 Å². The molecule has 0 bridgehead atoms. The third kappa shape index (κ3) is 2.44. The molecule has 5 heteroatoms. The molecule has 3 heterocycles. The van der Waals surface area contributed by atoms with Gasteiger partial charge < -0.3 is 9.72 Å². The fraction of sp³-hybridized carbons (Fsp3) is 0.0455. The van der Waals surface area contributed by atoms with Crippen LogP contribution in [0.1, 0.15) is 10.5 Å². The van der Waals surface area contributed by atoms with Crippen LogP contribution in [0.25, 0.3) is 44.1 Å². The average molecular weight is 353 g/mol. The number of rotatable bonds is 2. The maximum atomic E-state index is 12.2. The minimum absolute atomic E-state index is 0.264. The third-order valence-corrected chi connectivity index (χ3v) is 4.73. The van der Waals surface area contributed by atoms with Gasteiger partial charge in [-0.1, -0.05) is 42.5 Å². The summed E-state index contributed by atoms with van der Waals surface area (Å²) in [5.74, 6) is -0.468. The average Bonchev–Trinajstić information content (AvgIpc) is 3.11. The van der Waals surface area contributed by atoms with E-state index in [1.54, 1.807) is 6.07 Å². The number of benzene rings is 2. The highest BCUT2D eigenvalue weighted by molar-refractivity contribution is 6.12. The lowest BCUT2D eigenvalue weighted by molar-refractivity contribution is 0.0594. The Balaban J connectivity index is 1.87. The number of H-pyrrole nitrogens is 1. The lowest BCUT2D eigenvalue weighted by Crippen LogP contribution is -2.05. The van der Waals surface area contributed by atoms with Gasteiger partial charge in [-0.2, -0.15) is 0 Å². The van der Waals surface area contributed by atoms with Gasteiger partial charge in [0.2, 0.25) is 0 Å². The lowest BCUT2D eigenvalue weighted by Gasteiger charge is -2.07. The highest BCUT2D eigenvalue weighted by Crippen LogP contribution is 2.32. The highest BCUT2D eigenvalue weighted by Gasteiger charge is 2.18. The molecular weight excluding hydrogens is 338 g/mol. The van der Waals surface area contributed by atoms with E-state index in [4.69, 9.17) is 9.72 Å². The molecule has 27 heavy (non-hydrogen) atoms. The second kappa shape index (κ2) is 5.92. The normalized spacial score (nSPS) is 11.3. The molecule has 2 aromatic carbocycles. The zero-order valence-electron chi connectivity index (χ0n) is 14.6. The minimum Gasteiger partial charge on any atom is -0.464 e. The predicted octanol–water partition coefficient (Wildman–Crippen LogP) is 4.72. The number of aromatic amines is 1. The first-order valence-corrected chi connectivity index (χ1v) is 8.60. The van der Waals surface area contributed by atoms with Gasteiger partial charge in [0.05, 0.1) is 23.8 Å². The molecule has 0 amide bonds. The molecule has 0 aliphatic heterocycles. The highest BCUT2D eigenvalue weighted by atomic mass is 16.5. The topological polar surface area (TPSA) is 67.9 Å². The molecule has 0 aliphatic carbocycles. The van der Waals surface area contributed by atoms with Crippen molar-refractivity contribution in [3.8, 4) is 11.4 Å². The second-order valence-corrected chi connectivity index (χ2v) is 6.33. The molecule has 5 rings (SSSR count). The molecule has 0 fully saturated rings. The van der Waals surface area contributed by atoms with Crippen molar-refractivity contribution in [3.63, 3.8) is 0 Å². The van der Waals surface area contributed by atoms with Gasteiger partial charge in [-0.3, -0.25) is 0 Å². The van der Waals surface area contributed by atoms with E-state index in [0.717, 1.165) is 32.7 Å². The number of ether oxygens (including phenoxy) is 1. The van der Waals surface area contributed by atoms with Crippen LogP contribution in [0.4, 0.5) is 0 Å². The molecule has 5 nitrogen and oxygen atoms in total. The summed E-state index contributed by atoms with van der Waals surface area (Å²) in [5, 5.41) is 3.01. The van der Waals surface area contributed by atoms with Crippen LogP contribution < -0.4 is 0 Å². The van der Waals surface area contributed by atoms with Crippen LogP contribution in [0.5, 0.6) is 0 Å². The molecule has 0 spiro atoms. The summed E-state index contributed by atoms with van der Waals surface area (Å²) < 4.78 is 4.90. The van der Waals surface area contributed by atoms with E-state index in [-0.39, 0.29) is 5.69 Å². The third-order valence-electron chi connectivity index (χ3n) is 4.73. The number of esters is 1. The zero-order valence-corrected chi connectivity index (χ0v) is 14.6. The number of hydrogen-bond acceptors (Lipinski definition) is 4. The quantitative estimate of drug-likeness (QED) is 0.466. The first-order chi connectivity index (χ1) is 13.2. The minimum atomic E-state index is -0.468. The van der Waals surface area contributed by atoms with E-state index >= 15 is 0 Å². The number of pyridine rings is 2. The number of hydrogen-bond donors (Lipinski definition) is 1. The molecule has 0 aliphatic rings. The Morgan fingerprint density at radius 1 is 0.926 bits per heavy atom. The van der Waals surface area contributed by atoms with Crippen molar-refractivity contribution in [1.82, 2.24) is 15.0 Å². The Labute approximate surface area is 154 Å². The number of methoxy groups -OCH3 is 1. The number of para-hydroxylation sites is 2. The first kappa shape index (κ1) is 15.5. The molecule has 1 N–H and O–H groups in total. The van der Waals surface area contributed by atoms with Crippen molar-refractivity contribution in [1.29, 1.82) is 0 Å². The molecule has 0 atom stereocenters. The fourth-order valence-corrected chi connectivity index (χ4v) is 3.44. The number of aromatic nitrogens is 3. The van der Waals surface area contributed by atoms with E-state index in [1.165, 1.54) is 7.11 Å². The van der Waals surface area contributed by atoms with Crippen molar-refractivity contribution < 1.29 is 9.53 Å². The maximum absolute atomic E-state index is 12.2. The summed E-state index contributed by atoms with van der Waals surface area (Å²) in [4.78, 5) is 25.0. The van der Waals surface area contributed by atoms with Gasteiger partial charge in [-0.05, 0) is 24.3 Å². The van der Waals surface area contributed by atoms with Gasteiger partial charge in [0, 0.05) is 21.7 Å². The summed E-state index contributed by atoms with van der Waals surface area (Å²) in [6.45, 7) is 0. The van der Waals surface area contributed by atoms with Gasteiger partial charge in [0.1, 0.15) is 11.4 Å². The molecule has 0 saturated heterocycles. The Hall–Kier alpha value is -3.73. The van der Waals surface area contributed by atoms with E-state index in [0.29, 0.717) is 11.4 Å². The van der Waals surface area contributed by atoms with E-state index < -0.39 is 5.97 Å². The number of carbonyl (C=O) groups is 1. The van der Waals surface area contributed by atoms with Crippen LogP contribution in [0, 0.1) is 0 Å². The van der Waals surface area contributed by atoms with E-state index in [9.17, 15) is 4.79 Å². The number of nitrogens with one attached hydrogen (secondary N) is 1. The maximum Gasteiger partial charge on any atom is 0.356 e. The summed E-state index contributed by atoms with van der Waals surface area (Å²) >= 11 is 0. The standard InChI is InChI=1S/C22H15N3O2/c1-27-22(26)19-12-15-14-7-3-5-9-17(14)24-20(15)21(25-19)18-11-10-13-6-2-4-8-16(13)23-18/h2-12,24H,1H3. The molecule has 3 aromatic heterocycles.